The molecule has 0 aliphatic carbocycles. The average Bonchev–Trinajstić information content (AvgIpc) is 3.33. The van der Waals surface area contributed by atoms with Crippen molar-refractivity contribution in [3.63, 3.8) is 0 Å². The fourth-order valence-corrected chi connectivity index (χ4v) is 7.89. The number of carbonyl (C=O) groups excluding carboxylic acids is 1. The van der Waals surface area contributed by atoms with E-state index < -0.39 is 86.8 Å². The Bertz CT molecular complexity index is 1460. The maximum atomic E-state index is 13.0. The molecule has 0 aromatic carbocycles. The summed E-state index contributed by atoms with van der Waals surface area (Å²) >= 11 is 0. The van der Waals surface area contributed by atoms with E-state index in [0.29, 0.717) is 6.42 Å². The van der Waals surface area contributed by atoms with Crippen LogP contribution in [0.2, 0.25) is 0 Å². The number of carbonyl (C=O) groups is 1. The van der Waals surface area contributed by atoms with Crippen molar-refractivity contribution in [2.24, 2.45) is 0 Å². The van der Waals surface area contributed by atoms with E-state index in [1.807, 2.05) is 6.92 Å². The molecule has 2 heterocycles. The van der Waals surface area contributed by atoms with E-state index in [0.717, 1.165) is 77.0 Å². The molecule has 14 heteroatoms. The lowest BCUT2D eigenvalue weighted by Gasteiger charge is -2.46. The Morgan fingerprint density at radius 3 is 1.53 bits per heavy atom. The Morgan fingerprint density at radius 2 is 1.01 bits per heavy atom. The minimum Gasteiger partial charge on any atom is -0.394 e. The van der Waals surface area contributed by atoms with Crippen LogP contribution in [0.25, 0.3) is 0 Å². The van der Waals surface area contributed by atoms with Gasteiger partial charge in [0.25, 0.3) is 0 Å². The highest BCUT2D eigenvalue weighted by atomic mass is 16.7. The minimum atomic E-state index is -1.79. The van der Waals surface area contributed by atoms with Crippen molar-refractivity contribution in [3.05, 3.63) is 85.1 Å². The van der Waals surface area contributed by atoms with Crippen LogP contribution >= 0.6 is 0 Å². The van der Waals surface area contributed by atoms with Gasteiger partial charge < -0.3 is 65.1 Å². The van der Waals surface area contributed by atoms with Crippen LogP contribution < -0.4 is 5.32 Å². The number of ether oxygens (including phenoxy) is 4. The van der Waals surface area contributed by atoms with Gasteiger partial charge in [0.15, 0.2) is 12.6 Å². The quantitative estimate of drug-likeness (QED) is 0.0225. The van der Waals surface area contributed by atoms with Crippen LogP contribution in [0.3, 0.4) is 0 Å². The molecule has 2 aliphatic heterocycles. The largest absolute Gasteiger partial charge is 0.394 e. The molecule has 0 radical (unpaired) electrons. The number of aliphatic hydroxyl groups excluding tert-OH is 8. The molecule has 1 amide bonds. The molecule has 14 nitrogen and oxygen atoms in total. The Hall–Kier alpha value is -2.83. The molecule has 68 heavy (non-hydrogen) atoms. The summed E-state index contributed by atoms with van der Waals surface area (Å²) in [4.78, 5) is 13.0. The molecular formula is C54H91NO13. The van der Waals surface area contributed by atoms with Gasteiger partial charge in [-0.3, -0.25) is 4.79 Å². The number of hydrogen-bond donors (Lipinski definition) is 9. The van der Waals surface area contributed by atoms with Gasteiger partial charge in [-0.1, -0.05) is 170 Å². The molecule has 0 aromatic rings. The first-order valence-corrected chi connectivity index (χ1v) is 25.8. The van der Waals surface area contributed by atoms with E-state index in [4.69, 9.17) is 18.9 Å². The number of nitrogens with one attached hydrogen (secondary N) is 1. The second kappa shape index (κ2) is 39.8. The van der Waals surface area contributed by atoms with E-state index in [1.165, 1.54) is 51.4 Å². The van der Waals surface area contributed by atoms with Crippen LogP contribution in [0.15, 0.2) is 85.1 Å². The first-order chi connectivity index (χ1) is 33.1. The smallest absolute Gasteiger partial charge is 0.220 e. The van der Waals surface area contributed by atoms with Crippen molar-refractivity contribution in [1.29, 1.82) is 0 Å². The third-order valence-corrected chi connectivity index (χ3v) is 12.1. The highest BCUT2D eigenvalue weighted by Crippen LogP contribution is 2.30. The summed E-state index contributed by atoms with van der Waals surface area (Å²) in [5, 5.41) is 85.9. The van der Waals surface area contributed by atoms with E-state index in [-0.39, 0.29) is 18.9 Å². The van der Waals surface area contributed by atoms with Gasteiger partial charge in [0.05, 0.1) is 32.0 Å². The SMILES string of the molecule is CC/C=C\C/C=C\C/C=C\C/C=C\C/C=C\C/C=C\CCCCCCCCCCCCCCC(=O)NC(COC1OC(CO)C(OC2OC(CO)C(O)C(O)C2O)C(O)C1O)C(O)/C=C/CCC. The maximum Gasteiger partial charge on any atom is 0.220 e. The Kier molecular flexibility index (Phi) is 35.9. The van der Waals surface area contributed by atoms with Crippen molar-refractivity contribution in [3.8, 4) is 0 Å². The average molecular weight is 962 g/mol. The lowest BCUT2D eigenvalue weighted by atomic mass is 9.97. The summed E-state index contributed by atoms with van der Waals surface area (Å²) < 4.78 is 22.5. The van der Waals surface area contributed by atoms with Gasteiger partial charge in [0.1, 0.15) is 48.8 Å². The van der Waals surface area contributed by atoms with Crippen LogP contribution in [0.1, 0.15) is 155 Å². The predicted octanol–water partition coefficient (Wildman–Crippen LogP) is 6.99. The maximum absolute atomic E-state index is 13.0. The lowest BCUT2D eigenvalue weighted by molar-refractivity contribution is -0.359. The molecule has 0 bridgehead atoms. The molecule has 0 aromatic heterocycles. The minimum absolute atomic E-state index is 0.259. The molecule has 2 rings (SSSR count). The monoisotopic (exact) mass is 962 g/mol. The summed E-state index contributed by atoms with van der Waals surface area (Å²) in [5.41, 5.74) is 0. The summed E-state index contributed by atoms with van der Waals surface area (Å²) in [6, 6.07) is -0.915. The zero-order valence-corrected chi connectivity index (χ0v) is 41.3. The zero-order valence-electron chi connectivity index (χ0n) is 41.3. The zero-order chi connectivity index (χ0) is 49.6. The first kappa shape index (κ1) is 61.3. The van der Waals surface area contributed by atoms with E-state index in [9.17, 15) is 45.6 Å². The normalized spacial score (nSPS) is 27.1. The van der Waals surface area contributed by atoms with E-state index in [2.05, 4.69) is 85.2 Å². The standard InChI is InChI=1S/C54H91NO13/c1-3-5-7-8-9-10-11-12-13-14-15-16-17-18-19-20-21-22-23-24-25-26-27-28-29-30-31-32-33-34-36-38-46(59)55-42(43(58)37-35-6-4-2)41-65-53-51(64)49(62)52(45(40-57)67-53)68-54-50(63)48(61)47(60)44(39-56)66-54/h5,7,9-10,12-13,15-16,18-19,21-22,35,37,42-45,47-54,56-58,60-64H,3-4,6,8,11,14,17,20,23-34,36,38-41H2,1-2H3,(H,55,59)/b7-5-,10-9-,13-12-,16-15-,19-18-,22-21-,37-35+. The molecule has 12 unspecified atom stereocenters. The van der Waals surface area contributed by atoms with Crippen molar-refractivity contribution in [2.75, 3.05) is 19.8 Å². The topological polar surface area (TPSA) is 228 Å². The van der Waals surface area contributed by atoms with Gasteiger partial charge in [-0.2, -0.15) is 0 Å². The molecule has 2 saturated heterocycles. The molecule has 390 valence electrons. The molecular weight excluding hydrogens is 871 g/mol. The van der Waals surface area contributed by atoms with Gasteiger partial charge in [-0.05, 0) is 64.2 Å². The number of hydrogen-bond acceptors (Lipinski definition) is 13. The van der Waals surface area contributed by atoms with Crippen LogP contribution in [-0.4, -0.2) is 140 Å². The molecule has 0 saturated carbocycles. The molecule has 12 atom stereocenters. The highest BCUT2D eigenvalue weighted by Gasteiger charge is 2.51. The Balaban J connectivity index is 1.56. The third-order valence-electron chi connectivity index (χ3n) is 12.1. The molecule has 9 N–H and O–H groups in total. The van der Waals surface area contributed by atoms with Gasteiger partial charge >= 0.3 is 0 Å². The number of amides is 1. The fourth-order valence-electron chi connectivity index (χ4n) is 7.89. The first-order valence-electron chi connectivity index (χ1n) is 25.8. The second-order valence-corrected chi connectivity index (χ2v) is 17.9. The Morgan fingerprint density at radius 1 is 0.544 bits per heavy atom. The van der Waals surface area contributed by atoms with E-state index in [1.54, 1.807) is 12.2 Å². The van der Waals surface area contributed by atoms with Crippen molar-refractivity contribution >= 4 is 5.91 Å². The van der Waals surface area contributed by atoms with Gasteiger partial charge in [-0.25, -0.2) is 0 Å². The summed E-state index contributed by atoms with van der Waals surface area (Å²) in [5.74, 6) is -0.259. The number of rotatable bonds is 38. The lowest BCUT2D eigenvalue weighted by Crippen LogP contribution is -2.65. The van der Waals surface area contributed by atoms with Gasteiger partial charge in [0, 0.05) is 6.42 Å². The molecule has 2 fully saturated rings. The second-order valence-electron chi connectivity index (χ2n) is 17.9. The number of allylic oxidation sites excluding steroid dienone is 13. The number of aliphatic hydroxyl groups is 8. The fraction of sp³-hybridized carbons (Fsp3) is 0.722. The van der Waals surface area contributed by atoms with E-state index >= 15 is 0 Å². The number of unbranched alkanes of at least 4 members (excludes halogenated alkanes) is 13. The van der Waals surface area contributed by atoms with Crippen molar-refractivity contribution in [1.82, 2.24) is 5.32 Å². The van der Waals surface area contributed by atoms with Crippen LogP contribution in [-0.2, 0) is 23.7 Å². The van der Waals surface area contributed by atoms with Crippen LogP contribution in [0.4, 0.5) is 0 Å². The predicted molar refractivity (Wildman–Crippen MR) is 267 cm³/mol. The van der Waals surface area contributed by atoms with Gasteiger partial charge in [-0.15, -0.1) is 0 Å². The summed E-state index contributed by atoms with van der Waals surface area (Å²) in [6.07, 6.45) is 36.1. The summed E-state index contributed by atoms with van der Waals surface area (Å²) in [7, 11) is 0. The molecule has 2 aliphatic rings. The van der Waals surface area contributed by atoms with Crippen LogP contribution in [0, 0.1) is 0 Å². The molecule has 0 spiro atoms. The van der Waals surface area contributed by atoms with Gasteiger partial charge in [0.2, 0.25) is 5.91 Å². The van der Waals surface area contributed by atoms with Crippen molar-refractivity contribution < 1.29 is 64.6 Å². The van der Waals surface area contributed by atoms with Crippen molar-refractivity contribution in [2.45, 2.75) is 229 Å². The Labute approximate surface area is 408 Å². The third kappa shape index (κ3) is 26.4. The highest BCUT2D eigenvalue weighted by molar-refractivity contribution is 5.76. The van der Waals surface area contributed by atoms with Crippen LogP contribution in [0.5, 0.6) is 0 Å². The summed E-state index contributed by atoms with van der Waals surface area (Å²) in [6.45, 7) is 2.42.